The van der Waals surface area contributed by atoms with Crippen LogP contribution in [-0.4, -0.2) is 20.9 Å². The van der Waals surface area contributed by atoms with Crippen molar-refractivity contribution in [2.24, 2.45) is 0 Å². The van der Waals surface area contributed by atoms with Crippen LogP contribution in [0.2, 0.25) is 4.34 Å². The molecular formula is C21H19ClN2O3S2. The van der Waals surface area contributed by atoms with Crippen molar-refractivity contribution in [3.63, 3.8) is 0 Å². The van der Waals surface area contributed by atoms with Crippen molar-refractivity contribution >= 4 is 44.6 Å². The van der Waals surface area contributed by atoms with E-state index in [0.29, 0.717) is 16.4 Å². The van der Waals surface area contributed by atoms with Crippen LogP contribution >= 0.6 is 22.9 Å². The molecule has 1 N–H and O–H groups in total. The van der Waals surface area contributed by atoms with E-state index in [4.69, 9.17) is 11.6 Å². The second-order valence-corrected chi connectivity index (χ2v) is 10.6. The average molecular weight is 447 g/mol. The molecule has 1 aliphatic heterocycles. The lowest BCUT2D eigenvalue weighted by Gasteiger charge is -2.18. The van der Waals surface area contributed by atoms with Crippen molar-refractivity contribution in [2.75, 3.05) is 11.4 Å². The van der Waals surface area contributed by atoms with Gasteiger partial charge in [0, 0.05) is 24.3 Å². The van der Waals surface area contributed by atoms with Gasteiger partial charge in [-0.1, -0.05) is 41.4 Å². The number of hydrogen-bond acceptors (Lipinski definition) is 4. The molecule has 2 aromatic carbocycles. The number of sulfonamides is 1. The van der Waals surface area contributed by atoms with Crippen LogP contribution < -0.4 is 9.62 Å². The highest BCUT2D eigenvalue weighted by molar-refractivity contribution is 7.91. The summed E-state index contributed by atoms with van der Waals surface area (Å²) in [5.74, 6) is -0.0215. The molecule has 4 rings (SSSR count). The summed E-state index contributed by atoms with van der Waals surface area (Å²) < 4.78 is 28.0. The van der Waals surface area contributed by atoms with E-state index in [-0.39, 0.29) is 16.7 Å². The van der Waals surface area contributed by atoms with Gasteiger partial charge in [-0.25, -0.2) is 13.1 Å². The van der Waals surface area contributed by atoms with E-state index in [2.05, 4.69) is 4.72 Å². The topological polar surface area (TPSA) is 66.5 Å². The summed E-state index contributed by atoms with van der Waals surface area (Å²) in [6.45, 7) is 2.78. The van der Waals surface area contributed by atoms with E-state index >= 15 is 0 Å². The number of hydrogen-bond donors (Lipinski definition) is 1. The van der Waals surface area contributed by atoms with Gasteiger partial charge in [0.2, 0.25) is 10.0 Å². The zero-order valence-corrected chi connectivity index (χ0v) is 18.1. The van der Waals surface area contributed by atoms with Crippen molar-refractivity contribution in [3.05, 3.63) is 81.2 Å². The maximum atomic E-state index is 12.8. The Kier molecular flexibility index (Phi) is 5.48. The zero-order chi connectivity index (χ0) is 20.6. The van der Waals surface area contributed by atoms with E-state index in [9.17, 15) is 13.2 Å². The summed E-state index contributed by atoms with van der Waals surface area (Å²) in [5, 5.41) is 0. The fraction of sp³-hybridized carbons (Fsp3) is 0.190. The lowest BCUT2D eigenvalue weighted by Crippen LogP contribution is -2.28. The number of anilines is 1. The van der Waals surface area contributed by atoms with Crippen LogP contribution in [0.25, 0.3) is 0 Å². The number of nitrogens with one attached hydrogen (secondary N) is 1. The minimum Gasteiger partial charge on any atom is -0.308 e. The fourth-order valence-corrected chi connectivity index (χ4v) is 5.86. The number of thiophene rings is 1. The van der Waals surface area contributed by atoms with Gasteiger partial charge in [0.1, 0.15) is 4.21 Å². The minimum absolute atomic E-state index is 0.0215. The molecule has 0 radical (unpaired) electrons. The molecule has 150 valence electrons. The molecule has 0 bridgehead atoms. The number of rotatable bonds is 5. The van der Waals surface area contributed by atoms with Crippen molar-refractivity contribution in [1.82, 2.24) is 4.72 Å². The number of benzene rings is 2. The third-order valence-corrected chi connectivity index (χ3v) is 7.99. The molecule has 3 aromatic rings. The first-order valence-electron chi connectivity index (χ1n) is 9.09. The van der Waals surface area contributed by atoms with Gasteiger partial charge in [-0.05, 0) is 54.8 Å². The average Bonchev–Trinajstić information content (AvgIpc) is 3.33. The maximum absolute atomic E-state index is 12.8. The van der Waals surface area contributed by atoms with Crippen molar-refractivity contribution in [1.29, 1.82) is 0 Å². The van der Waals surface area contributed by atoms with Crippen LogP contribution in [0.5, 0.6) is 0 Å². The zero-order valence-electron chi connectivity index (χ0n) is 15.7. The molecule has 0 fully saturated rings. The molecule has 0 saturated carbocycles. The van der Waals surface area contributed by atoms with Crippen LogP contribution in [0.4, 0.5) is 5.69 Å². The van der Waals surface area contributed by atoms with Gasteiger partial charge >= 0.3 is 0 Å². The van der Waals surface area contributed by atoms with E-state index in [1.165, 1.54) is 6.07 Å². The Morgan fingerprint density at radius 3 is 2.59 bits per heavy atom. The first-order chi connectivity index (χ1) is 13.8. The summed E-state index contributed by atoms with van der Waals surface area (Å²) in [6.07, 6.45) is 0.744. The number of aryl methyl sites for hydroxylation is 1. The van der Waals surface area contributed by atoms with Gasteiger partial charge in [-0.3, -0.25) is 4.79 Å². The van der Waals surface area contributed by atoms with Crippen LogP contribution in [0.15, 0.2) is 58.8 Å². The fourth-order valence-electron chi connectivity index (χ4n) is 3.32. The van der Waals surface area contributed by atoms with Crippen molar-refractivity contribution < 1.29 is 13.2 Å². The molecule has 29 heavy (non-hydrogen) atoms. The molecule has 0 saturated heterocycles. The first-order valence-corrected chi connectivity index (χ1v) is 11.8. The van der Waals surface area contributed by atoms with Gasteiger partial charge in [-0.2, -0.15) is 0 Å². The lowest BCUT2D eigenvalue weighted by molar-refractivity contribution is 0.0989. The summed E-state index contributed by atoms with van der Waals surface area (Å²) in [7, 11) is -3.60. The Morgan fingerprint density at radius 2 is 1.90 bits per heavy atom. The number of carbonyl (C=O) groups excluding carboxylic acids is 1. The quantitative estimate of drug-likeness (QED) is 0.632. The van der Waals surface area contributed by atoms with Gasteiger partial charge in [0.25, 0.3) is 5.91 Å². The molecule has 1 aliphatic rings. The minimum atomic E-state index is -3.60. The summed E-state index contributed by atoms with van der Waals surface area (Å²) in [6, 6.07) is 16.3. The molecule has 0 aliphatic carbocycles. The number of carbonyl (C=O) groups is 1. The largest absolute Gasteiger partial charge is 0.308 e. The van der Waals surface area contributed by atoms with Gasteiger partial charge in [0.05, 0.1) is 4.34 Å². The lowest BCUT2D eigenvalue weighted by atomic mass is 10.1. The Balaban J connectivity index is 1.48. The third-order valence-electron chi connectivity index (χ3n) is 4.86. The Labute approximate surface area is 179 Å². The van der Waals surface area contributed by atoms with E-state index in [1.54, 1.807) is 11.0 Å². The summed E-state index contributed by atoms with van der Waals surface area (Å²) in [4.78, 5) is 14.6. The number of nitrogens with zero attached hydrogens (tertiary/aromatic N) is 1. The molecule has 0 atom stereocenters. The number of fused-ring (bicyclic) bond motifs is 1. The third kappa shape index (κ3) is 4.23. The monoisotopic (exact) mass is 446 g/mol. The van der Waals surface area contributed by atoms with Crippen molar-refractivity contribution in [3.8, 4) is 0 Å². The SMILES string of the molecule is Cc1ccc(C(=O)N2CCc3cc(CNS(=O)(=O)c4ccc(Cl)s4)ccc32)cc1. The number of halogens is 1. The molecule has 1 amide bonds. The normalized spacial score (nSPS) is 13.5. The van der Waals surface area contributed by atoms with E-state index < -0.39 is 10.0 Å². The molecule has 5 nitrogen and oxygen atoms in total. The van der Waals surface area contributed by atoms with E-state index in [1.807, 2.05) is 49.4 Å². The molecule has 0 spiro atoms. The second kappa shape index (κ2) is 7.91. The highest BCUT2D eigenvalue weighted by Crippen LogP contribution is 2.31. The van der Waals surface area contributed by atoms with E-state index in [0.717, 1.165) is 40.1 Å². The summed E-state index contributed by atoms with van der Waals surface area (Å²) >= 11 is 6.86. The highest BCUT2D eigenvalue weighted by atomic mass is 35.5. The van der Waals surface area contributed by atoms with Crippen molar-refractivity contribution in [2.45, 2.75) is 24.1 Å². The van der Waals surface area contributed by atoms with Gasteiger partial charge < -0.3 is 4.90 Å². The smallest absolute Gasteiger partial charge is 0.258 e. The van der Waals surface area contributed by atoms with Gasteiger partial charge in [-0.15, -0.1) is 11.3 Å². The summed E-state index contributed by atoms with van der Waals surface area (Å²) in [5.41, 5.74) is 4.54. The molecule has 0 unspecified atom stereocenters. The molecular weight excluding hydrogens is 428 g/mol. The van der Waals surface area contributed by atoms with Crippen LogP contribution in [-0.2, 0) is 23.0 Å². The number of amides is 1. The van der Waals surface area contributed by atoms with Crippen LogP contribution in [0.3, 0.4) is 0 Å². The molecule has 8 heteroatoms. The van der Waals surface area contributed by atoms with Crippen LogP contribution in [0, 0.1) is 6.92 Å². The van der Waals surface area contributed by atoms with Gasteiger partial charge in [0.15, 0.2) is 0 Å². The Bertz CT molecular complexity index is 1170. The highest BCUT2D eigenvalue weighted by Gasteiger charge is 2.26. The predicted molar refractivity (Wildman–Crippen MR) is 116 cm³/mol. The van der Waals surface area contributed by atoms with Crippen LogP contribution in [0.1, 0.15) is 27.0 Å². The standard InChI is InChI=1S/C21H19ClN2O3S2/c1-14-2-5-16(6-3-14)21(25)24-11-10-17-12-15(4-7-18(17)24)13-23-29(26,27)20-9-8-19(22)28-20/h2-9,12,23H,10-11,13H2,1H3. The second-order valence-electron chi connectivity index (χ2n) is 6.92. The predicted octanol–water partition coefficient (Wildman–Crippen LogP) is 4.39. The first kappa shape index (κ1) is 20.1. The Morgan fingerprint density at radius 1 is 1.14 bits per heavy atom. The Hall–Kier alpha value is -2.19. The maximum Gasteiger partial charge on any atom is 0.258 e. The molecule has 2 heterocycles. The molecule has 1 aromatic heterocycles.